The second-order valence-electron chi connectivity index (χ2n) is 16.3. The van der Waals surface area contributed by atoms with E-state index in [0.717, 1.165) is 5.71 Å². The Morgan fingerprint density at radius 1 is 0.712 bits per heavy atom. The number of nitrogens with zero attached hydrogens (tertiary/aromatic N) is 2. The van der Waals surface area contributed by atoms with Crippen molar-refractivity contribution in [2.24, 2.45) is 0 Å². The van der Waals surface area contributed by atoms with Crippen molar-refractivity contribution >= 4 is 53.4 Å². The van der Waals surface area contributed by atoms with E-state index in [0.29, 0.717) is 113 Å². The van der Waals surface area contributed by atoms with Crippen LogP contribution in [0.4, 0.5) is 11.4 Å². The molecule has 2 aliphatic heterocycles. The van der Waals surface area contributed by atoms with E-state index < -0.39 is 57.8 Å². The Labute approximate surface area is 389 Å². The van der Waals surface area contributed by atoms with E-state index in [2.05, 4.69) is 0 Å². The summed E-state index contributed by atoms with van der Waals surface area (Å²) in [5.41, 5.74) is 2.05. The van der Waals surface area contributed by atoms with Gasteiger partial charge in [-0.2, -0.15) is 4.58 Å². The molecule has 0 bridgehead atoms. The molecule has 18 nitrogen and oxygen atoms in total. The third-order valence-electron chi connectivity index (χ3n) is 11.7. The number of ether oxygens (including phenoxy) is 5. The van der Waals surface area contributed by atoms with E-state index >= 15 is 0 Å². The summed E-state index contributed by atoms with van der Waals surface area (Å²) in [6, 6.07) is 8.38. The van der Waals surface area contributed by atoms with Crippen LogP contribution in [0.15, 0.2) is 82.3 Å². The van der Waals surface area contributed by atoms with Crippen LogP contribution in [0, 0.1) is 0 Å². The molecule has 0 amide bonds. The summed E-state index contributed by atoms with van der Waals surface area (Å²) >= 11 is 0. The van der Waals surface area contributed by atoms with Crippen LogP contribution in [0.2, 0.25) is 0 Å². The Morgan fingerprint density at radius 2 is 1.29 bits per heavy atom. The Hall–Kier alpha value is -3.87. The first-order valence-electron chi connectivity index (χ1n) is 21.8. The fourth-order valence-electron chi connectivity index (χ4n) is 8.35. The van der Waals surface area contributed by atoms with Crippen LogP contribution in [0.1, 0.15) is 76.8 Å². The van der Waals surface area contributed by atoms with E-state index in [1.807, 2.05) is 42.4 Å². The molecule has 0 spiro atoms. The van der Waals surface area contributed by atoms with Crippen molar-refractivity contribution in [3.63, 3.8) is 0 Å². The summed E-state index contributed by atoms with van der Waals surface area (Å²) < 4.78 is 137. The standard InChI is InChI=1S/C45H64N2O16S3/c1-5-46-39-18-16-35(65(53,54)55)33-37(39)44(2,20-12-32-64(50,51)52)41(46)13-8-6-9-14-42-45(3,21-23-60-26-27-62-30-31-63-29-28-61-25-24-59-4)38-34-36(66(56,57)58)17-19-40(38)47(42)22-11-7-10-15-43(48)49/h6,8-9,13-14,16-19,33-34H,5,7,10-12,15,20-32H2,1-4H3,(H3-,48,49,50,51,52,53,54,55,56,57,58)/p-2. The van der Waals surface area contributed by atoms with E-state index in [4.69, 9.17) is 23.7 Å². The number of hydrogen-bond acceptors (Lipinski definition) is 16. The van der Waals surface area contributed by atoms with Gasteiger partial charge in [0.1, 0.15) is 26.8 Å². The molecule has 368 valence electrons. The summed E-state index contributed by atoms with van der Waals surface area (Å²) in [6.07, 6.45) is 11.2. The zero-order valence-electron chi connectivity index (χ0n) is 38.0. The fraction of sp³-hybridized carbons (Fsp3) is 0.556. The van der Waals surface area contributed by atoms with E-state index in [9.17, 15) is 48.8 Å². The normalized spacial score (nSPS) is 19.5. The van der Waals surface area contributed by atoms with Crippen LogP contribution in [-0.4, -0.2) is 146 Å². The van der Waals surface area contributed by atoms with Gasteiger partial charge in [0.15, 0.2) is 5.71 Å². The Balaban J connectivity index is 1.63. The molecule has 0 fully saturated rings. The largest absolute Gasteiger partial charge is 0.748 e. The minimum atomic E-state index is -4.82. The monoisotopic (exact) mass is 982 g/mol. The summed E-state index contributed by atoms with van der Waals surface area (Å²) in [4.78, 5) is 12.3. The second kappa shape index (κ2) is 24.9. The Morgan fingerprint density at radius 3 is 1.85 bits per heavy atom. The molecular weight excluding hydrogens is 921 g/mol. The summed E-state index contributed by atoms with van der Waals surface area (Å²) in [5, 5.41) is 9.19. The van der Waals surface area contributed by atoms with Crippen molar-refractivity contribution in [1.29, 1.82) is 0 Å². The number of likely N-dealkylation sites (N-methyl/N-ethyl adjacent to an activating group) is 1. The lowest BCUT2D eigenvalue weighted by molar-refractivity contribution is -0.438. The van der Waals surface area contributed by atoms with Crippen molar-refractivity contribution in [3.8, 4) is 0 Å². The van der Waals surface area contributed by atoms with Gasteiger partial charge in [-0.15, -0.1) is 0 Å². The molecule has 2 aromatic rings. The van der Waals surface area contributed by atoms with Gasteiger partial charge in [-0.1, -0.05) is 18.2 Å². The first-order valence-corrected chi connectivity index (χ1v) is 26.2. The van der Waals surface area contributed by atoms with Gasteiger partial charge in [-0.05, 0) is 94.8 Å². The third-order valence-corrected chi connectivity index (χ3v) is 14.1. The molecule has 0 saturated heterocycles. The maximum Gasteiger partial charge on any atom is 0.303 e. The molecule has 4 rings (SSSR count). The molecule has 0 radical (unpaired) electrons. The molecule has 2 aliphatic rings. The van der Waals surface area contributed by atoms with Gasteiger partial charge >= 0.3 is 5.97 Å². The molecule has 2 heterocycles. The number of benzene rings is 2. The zero-order valence-corrected chi connectivity index (χ0v) is 40.4. The van der Waals surface area contributed by atoms with Crippen LogP contribution < -0.4 is 4.90 Å². The maximum absolute atomic E-state index is 12.3. The van der Waals surface area contributed by atoms with E-state index in [1.54, 1.807) is 37.5 Å². The minimum Gasteiger partial charge on any atom is -0.748 e. The average Bonchev–Trinajstić information content (AvgIpc) is 3.61. The molecule has 2 unspecified atom stereocenters. The molecule has 21 heteroatoms. The first-order chi connectivity index (χ1) is 31.2. The summed E-state index contributed by atoms with van der Waals surface area (Å²) in [5.74, 6) is -1.52. The Kier molecular flexibility index (Phi) is 20.7. The maximum atomic E-state index is 12.3. The number of fused-ring (bicyclic) bond motifs is 2. The number of carbonyl (C=O) groups is 1. The van der Waals surface area contributed by atoms with Crippen LogP contribution in [0.25, 0.3) is 0 Å². The second-order valence-corrected chi connectivity index (χ2v) is 20.6. The van der Waals surface area contributed by atoms with Gasteiger partial charge in [-0.3, -0.25) is 4.79 Å². The van der Waals surface area contributed by atoms with Gasteiger partial charge in [0.2, 0.25) is 5.69 Å². The highest BCUT2D eigenvalue weighted by molar-refractivity contribution is 7.86. The lowest BCUT2D eigenvalue weighted by atomic mass is 9.76. The first kappa shape index (κ1) is 54.7. The number of hydrogen-bond donors (Lipinski definition) is 1. The third kappa shape index (κ3) is 15.3. The molecule has 0 aliphatic carbocycles. The molecule has 2 aromatic carbocycles. The number of anilines is 1. The molecule has 66 heavy (non-hydrogen) atoms. The number of methoxy groups -OCH3 is 1. The smallest absolute Gasteiger partial charge is 0.303 e. The molecule has 1 N–H and O–H groups in total. The highest BCUT2D eigenvalue weighted by Crippen LogP contribution is 2.51. The minimum absolute atomic E-state index is 0.0182. The van der Waals surface area contributed by atoms with Crippen LogP contribution in [-0.2, 0) is 69.7 Å². The van der Waals surface area contributed by atoms with Crippen molar-refractivity contribution in [2.45, 2.75) is 86.3 Å². The summed E-state index contributed by atoms with van der Waals surface area (Å²) in [6.45, 7) is 9.94. The van der Waals surface area contributed by atoms with Crippen molar-refractivity contribution in [2.75, 3.05) is 90.3 Å². The predicted octanol–water partition coefficient (Wildman–Crippen LogP) is 4.72. The Bertz CT molecular complexity index is 2430. The molecule has 0 saturated carbocycles. The highest BCUT2D eigenvalue weighted by Gasteiger charge is 2.48. The predicted molar refractivity (Wildman–Crippen MR) is 242 cm³/mol. The lowest BCUT2D eigenvalue weighted by Crippen LogP contribution is -2.33. The van der Waals surface area contributed by atoms with Gasteiger partial charge in [-0.25, -0.2) is 25.3 Å². The molecule has 2 atom stereocenters. The number of unbranched alkanes of at least 4 members (excludes halogenated alkanes) is 2. The quantitative estimate of drug-likeness (QED) is 0.0464. The topological polar surface area (TPSA) is 261 Å². The van der Waals surface area contributed by atoms with E-state index in [1.165, 1.54) is 24.3 Å². The molecule has 0 aromatic heterocycles. The summed E-state index contributed by atoms with van der Waals surface area (Å²) in [7, 11) is -12.6. The number of carboxylic acid groups (broad SMARTS) is 1. The van der Waals surface area contributed by atoms with Crippen LogP contribution in [0.3, 0.4) is 0 Å². The van der Waals surface area contributed by atoms with Gasteiger partial charge in [0, 0.05) is 73.4 Å². The fourth-order valence-corrected chi connectivity index (χ4v) is 9.84. The highest BCUT2D eigenvalue weighted by atomic mass is 32.2. The average molecular weight is 983 g/mol. The van der Waals surface area contributed by atoms with Crippen LogP contribution in [0.5, 0.6) is 0 Å². The number of allylic oxidation sites excluding steroid dienone is 6. The van der Waals surface area contributed by atoms with Crippen molar-refractivity contribution < 1.29 is 77.1 Å². The molecular formula is C45H62N2O16S3-2. The van der Waals surface area contributed by atoms with Crippen LogP contribution >= 0.6 is 0 Å². The van der Waals surface area contributed by atoms with Gasteiger partial charge < -0.3 is 47.3 Å². The zero-order chi connectivity index (χ0) is 48.6. The van der Waals surface area contributed by atoms with Crippen molar-refractivity contribution in [3.05, 3.63) is 83.6 Å². The SMILES string of the molecule is CCN1/C(=C/C=C/C=C/C2=[N+](CCCCCC(=O)O)c3ccc(S(=O)(=O)[O-])cc3C2(C)CCOCCOCCOCCOCCOC)C(C)(CCCS(=O)(=O)[O-])c2cc(S(=O)(=O)[O-])ccc21. The van der Waals surface area contributed by atoms with Gasteiger partial charge in [0.25, 0.3) is 0 Å². The number of aliphatic carboxylic acids is 1. The van der Waals surface area contributed by atoms with Gasteiger partial charge in [0.05, 0.1) is 78.2 Å². The number of rotatable bonds is 31. The van der Waals surface area contributed by atoms with E-state index in [-0.39, 0.29) is 37.4 Å². The van der Waals surface area contributed by atoms with Crippen molar-refractivity contribution in [1.82, 2.24) is 0 Å². The number of carboxylic acids is 1. The lowest BCUT2D eigenvalue weighted by Gasteiger charge is -2.30.